The SMILES string of the molecule is Cc1nn(-c2ccccn2)c(C)c1N1CCN(C(=O)c2ccccc2)CC1. The van der Waals surface area contributed by atoms with Crippen molar-refractivity contribution in [3.05, 3.63) is 71.7 Å². The van der Waals surface area contributed by atoms with Crippen LogP contribution in [0.25, 0.3) is 5.82 Å². The molecule has 3 heterocycles. The van der Waals surface area contributed by atoms with Crippen molar-refractivity contribution in [1.82, 2.24) is 19.7 Å². The number of rotatable bonds is 3. The Kier molecular flexibility index (Phi) is 4.62. The van der Waals surface area contributed by atoms with Gasteiger partial charge in [-0.25, -0.2) is 9.67 Å². The predicted octanol–water partition coefficient (Wildman–Crippen LogP) is 2.85. The molecule has 0 atom stereocenters. The van der Waals surface area contributed by atoms with Gasteiger partial charge >= 0.3 is 0 Å². The summed E-state index contributed by atoms with van der Waals surface area (Å²) < 4.78 is 1.90. The van der Waals surface area contributed by atoms with Crippen LogP contribution in [0.5, 0.6) is 0 Å². The first-order chi connectivity index (χ1) is 13.1. The van der Waals surface area contributed by atoms with Crippen molar-refractivity contribution in [2.45, 2.75) is 13.8 Å². The molecule has 3 aromatic rings. The number of anilines is 1. The van der Waals surface area contributed by atoms with Gasteiger partial charge in [-0.15, -0.1) is 0 Å². The molecule has 0 radical (unpaired) electrons. The van der Waals surface area contributed by atoms with Gasteiger partial charge in [0.1, 0.15) is 0 Å². The van der Waals surface area contributed by atoms with Crippen LogP contribution in [0.15, 0.2) is 54.7 Å². The first-order valence-corrected chi connectivity index (χ1v) is 9.22. The van der Waals surface area contributed by atoms with Crippen LogP contribution < -0.4 is 4.90 Å². The smallest absolute Gasteiger partial charge is 0.253 e. The van der Waals surface area contributed by atoms with Gasteiger partial charge in [0.25, 0.3) is 5.91 Å². The summed E-state index contributed by atoms with van der Waals surface area (Å²) in [6.45, 7) is 7.12. The van der Waals surface area contributed by atoms with E-state index in [4.69, 9.17) is 0 Å². The van der Waals surface area contributed by atoms with Gasteiger partial charge in [0, 0.05) is 37.9 Å². The molecule has 2 aromatic heterocycles. The molecule has 1 aromatic carbocycles. The van der Waals surface area contributed by atoms with Gasteiger partial charge in [0.15, 0.2) is 5.82 Å². The lowest BCUT2D eigenvalue weighted by atomic mass is 10.1. The van der Waals surface area contributed by atoms with E-state index in [-0.39, 0.29) is 5.91 Å². The second kappa shape index (κ2) is 7.23. The average Bonchev–Trinajstić information content (AvgIpc) is 3.03. The largest absolute Gasteiger partial charge is 0.365 e. The van der Waals surface area contributed by atoms with Crippen molar-refractivity contribution in [1.29, 1.82) is 0 Å². The third-order valence-corrected chi connectivity index (χ3v) is 5.02. The lowest BCUT2D eigenvalue weighted by molar-refractivity contribution is 0.0747. The second-order valence-corrected chi connectivity index (χ2v) is 6.76. The molecule has 1 aliphatic rings. The van der Waals surface area contributed by atoms with E-state index in [1.165, 1.54) is 0 Å². The Balaban J connectivity index is 1.50. The van der Waals surface area contributed by atoms with E-state index in [1.807, 2.05) is 65.0 Å². The van der Waals surface area contributed by atoms with Crippen molar-refractivity contribution in [2.75, 3.05) is 31.1 Å². The van der Waals surface area contributed by atoms with Crippen LogP contribution in [0.2, 0.25) is 0 Å². The quantitative estimate of drug-likeness (QED) is 0.720. The van der Waals surface area contributed by atoms with E-state index in [0.29, 0.717) is 13.1 Å². The number of pyridine rings is 1. The average molecular weight is 361 g/mol. The Hall–Kier alpha value is -3.15. The molecule has 0 N–H and O–H groups in total. The number of benzene rings is 1. The maximum atomic E-state index is 12.6. The van der Waals surface area contributed by atoms with Gasteiger partial charge in [-0.1, -0.05) is 24.3 Å². The van der Waals surface area contributed by atoms with Gasteiger partial charge < -0.3 is 9.80 Å². The maximum absolute atomic E-state index is 12.6. The Morgan fingerprint density at radius 3 is 2.30 bits per heavy atom. The molecule has 6 nitrogen and oxygen atoms in total. The molecule has 1 saturated heterocycles. The monoisotopic (exact) mass is 361 g/mol. The van der Waals surface area contributed by atoms with Crippen LogP contribution >= 0.6 is 0 Å². The molecule has 0 bridgehead atoms. The van der Waals surface area contributed by atoms with Crippen LogP contribution in [0, 0.1) is 13.8 Å². The van der Waals surface area contributed by atoms with Crippen LogP contribution in [-0.4, -0.2) is 51.8 Å². The number of aryl methyl sites for hydroxylation is 1. The minimum absolute atomic E-state index is 0.105. The summed E-state index contributed by atoms with van der Waals surface area (Å²) in [7, 11) is 0. The van der Waals surface area contributed by atoms with Crippen molar-refractivity contribution in [2.24, 2.45) is 0 Å². The summed E-state index contributed by atoms with van der Waals surface area (Å²) >= 11 is 0. The van der Waals surface area contributed by atoms with Crippen molar-refractivity contribution in [3.63, 3.8) is 0 Å². The number of aromatic nitrogens is 3. The molecule has 0 spiro atoms. The van der Waals surface area contributed by atoms with Crippen molar-refractivity contribution in [3.8, 4) is 5.82 Å². The fourth-order valence-corrected chi connectivity index (χ4v) is 3.69. The van der Waals surface area contributed by atoms with Crippen molar-refractivity contribution < 1.29 is 4.79 Å². The zero-order valence-electron chi connectivity index (χ0n) is 15.7. The molecular weight excluding hydrogens is 338 g/mol. The van der Waals surface area contributed by atoms with Crippen molar-refractivity contribution >= 4 is 11.6 Å². The Morgan fingerprint density at radius 2 is 1.63 bits per heavy atom. The number of amides is 1. The summed E-state index contributed by atoms with van der Waals surface area (Å²) in [5.41, 5.74) is 3.96. The summed E-state index contributed by atoms with van der Waals surface area (Å²) in [5.74, 6) is 0.926. The fourth-order valence-electron chi connectivity index (χ4n) is 3.69. The Labute approximate surface area is 159 Å². The number of hydrogen-bond donors (Lipinski definition) is 0. The maximum Gasteiger partial charge on any atom is 0.253 e. The normalized spacial score (nSPS) is 14.4. The lowest BCUT2D eigenvalue weighted by Crippen LogP contribution is -2.49. The zero-order chi connectivity index (χ0) is 18.8. The molecule has 4 rings (SSSR count). The standard InChI is InChI=1S/C21H23N5O/c1-16-20(17(2)26(23-16)19-10-6-7-11-22-19)24-12-14-25(15-13-24)21(27)18-8-4-3-5-9-18/h3-11H,12-15H2,1-2H3. The Morgan fingerprint density at radius 1 is 0.926 bits per heavy atom. The summed E-state index contributed by atoms with van der Waals surface area (Å²) in [6, 6.07) is 15.3. The molecular formula is C21H23N5O. The third-order valence-electron chi connectivity index (χ3n) is 5.02. The number of carbonyl (C=O) groups is 1. The summed E-state index contributed by atoms with van der Waals surface area (Å²) in [5, 5.41) is 4.69. The van der Waals surface area contributed by atoms with E-state index < -0.39 is 0 Å². The number of hydrogen-bond acceptors (Lipinski definition) is 4. The molecule has 1 amide bonds. The van der Waals surface area contributed by atoms with Gasteiger partial charge in [-0.05, 0) is 38.1 Å². The van der Waals surface area contributed by atoms with E-state index in [0.717, 1.165) is 41.5 Å². The fraction of sp³-hybridized carbons (Fsp3) is 0.286. The van der Waals surface area contributed by atoms with E-state index in [1.54, 1.807) is 6.20 Å². The minimum atomic E-state index is 0.105. The molecule has 138 valence electrons. The van der Waals surface area contributed by atoms with Gasteiger partial charge in [-0.3, -0.25) is 4.79 Å². The van der Waals surface area contributed by atoms with Crippen LogP contribution in [0.4, 0.5) is 5.69 Å². The highest BCUT2D eigenvalue weighted by atomic mass is 16.2. The van der Waals surface area contributed by atoms with E-state index >= 15 is 0 Å². The highest BCUT2D eigenvalue weighted by molar-refractivity contribution is 5.94. The van der Waals surface area contributed by atoms with E-state index in [9.17, 15) is 4.79 Å². The first kappa shape index (κ1) is 17.3. The molecule has 6 heteroatoms. The minimum Gasteiger partial charge on any atom is -0.365 e. The topological polar surface area (TPSA) is 54.3 Å². The van der Waals surface area contributed by atoms with Crippen LogP contribution in [0.3, 0.4) is 0 Å². The van der Waals surface area contributed by atoms with Crippen LogP contribution in [-0.2, 0) is 0 Å². The Bertz CT molecular complexity index is 928. The molecule has 0 aliphatic carbocycles. The van der Waals surface area contributed by atoms with Gasteiger partial charge in [0.2, 0.25) is 0 Å². The first-order valence-electron chi connectivity index (χ1n) is 9.22. The second-order valence-electron chi connectivity index (χ2n) is 6.76. The number of carbonyl (C=O) groups excluding carboxylic acids is 1. The highest BCUT2D eigenvalue weighted by Crippen LogP contribution is 2.27. The molecule has 0 unspecified atom stereocenters. The third kappa shape index (κ3) is 3.30. The molecule has 1 aliphatic heterocycles. The van der Waals surface area contributed by atoms with Gasteiger partial charge in [0.05, 0.1) is 17.1 Å². The van der Waals surface area contributed by atoms with Gasteiger partial charge in [-0.2, -0.15) is 5.10 Å². The molecule has 27 heavy (non-hydrogen) atoms. The molecule has 0 saturated carbocycles. The summed E-state index contributed by atoms with van der Waals surface area (Å²) in [6.07, 6.45) is 1.78. The lowest BCUT2D eigenvalue weighted by Gasteiger charge is -2.36. The number of piperazine rings is 1. The predicted molar refractivity (Wildman–Crippen MR) is 105 cm³/mol. The summed E-state index contributed by atoms with van der Waals surface area (Å²) in [4.78, 5) is 21.3. The van der Waals surface area contributed by atoms with Crippen LogP contribution in [0.1, 0.15) is 21.7 Å². The highest BCUT2D eigenvalue weighted by Gasteiger charge is 2.26. The number of nitrogens with zero attached hydrogens (tertiary/aromatic N) is 5. The zero-order valence-corrected chi connectivity index (χ0v) is 15.7. The molecule has 1 fully saturated rings. The van der Waals surface area contributed by atoms with E-state index in [2.05, 4.69) is 21.9 Å².